The van der Waals surface area contributed by atoms with Gasteiger partial charge in [0.2, 0.25) is 5.82 Å². The van der Waals surface area contributed by atoms with Gasteiger partial charge in [-0.25, -0.2) is 4.79 Å². The second-order valence-electron chi connectivity index (χ2n) is 5.07. The molecule has 0 bridgehead atoms. The Labute approximate surface area is 110 Å². The summed E-state index contributed by atoms with van der Waals surface area (Å²) in [6, 6.07) is 0.581. The summed E-state index contributed by atoms with van der Waals surface area (Å²) in [5, 5.41) is 3.46. The van der Waals surface area contributed by atoms with Crippen LogP contribution >= 0.6 is 0 Å². The molecule has 1 saturated carbocycles. The average Bonchev–Trinajstić information content (AvgIpc) is 2.41. The molecule has 1 aromatic rings. The molecule has 6 heteroatoms. The maximum Gasteiger partial charge on any atom is 0.328 e. The lowest BCUT2D eigenvalue weighted by Gasteiger charge is -2.22. The molecule has 106 valence electrons. The Kier molecular flexibility index (Phi) is 4.90. The molecule has 0 aromatic carbocycles. The fourth-order valence-electron chi connectivity index (χ4n) is 2.51. The molecule has 1 aromatic heterocycles. The van der Waals surface area contributed by atoms with Crippen LogP contribution in [0, 0.1) is 5.82 Å². The number of aromatic nitrogens is 2. The van der Waals surface area contributed by atoms with Crippen molar-refractivity contribution >= 4 is 0 Å². The van der Waals surface area contributed by atoms with E-state index >= 15 is 0 Å². The molecule has 1 heterocycles. The van der Waals surface area contributed by atoms with Crippen molar-refractivity contribution in [1.82, 2.24) is 14.9 Å². The van der Waals surface area contributed by atoms with E-state index in [1.54, 1.807) is 0 Å². The zero-order chi connectivity index (χ0) is 13.7. The Balaban J connectivity index is 1.78. The highest BCUT2D eigenvalue weighted by atomic mass is 19.1. The molecular weight excluding hydrogens is 249 g/mol. The van der Waals surface area contributed by atoms with Gasteiger partial charge in [-0.1, -0.05) is 19.3 Å². The van der Waals surface area contributed by atoms with E-state index in [0.29, 0.717) is 12.6 Å². The second-order valence-corrected chi connectivity index (χ2v) is 5.07. The van der Waals surface area contributed by atoms with Crippen LogP contribution in [0.2, 0.25) is 0 Å². The molecule has 0 saturated heterocycles. The van der Waals surface area contributed by atoms with Crippen LogP contribution < -0.4 is 16.6 Å². The van der Waals surface area contributed by atoms with Crippen LogP contribution in [0.15, 0.2) is 15.8 Å². The first-order chi connectivity index (χ1) is 9.16. The van der Waals surface area contributed by atoms with Crippen LogP contribution in [0.25, 0.3) is 0 Å². The second kappa shape index (κ2) is 6.65. The van der Waals surface area contributed by atoms with Crippen molar-refractivity contribution in [3.8, 4) is 0 Å². The molecule has 0 aliphatic heterocycles. The lowest BCUT2D eigenvalue weighted by molar-refractivity contribution is 0.367. The van der Waals surface area contributed by atoms with E-state index < -0.39 is 17.1 Å². The average molecular weight is 269 g/mol. The van der Waals surface area contributed by atoms with Gasteiger partial charge in [0.1, 0.15) is 0 Å². The van der Waals surface area contributed by atoms with Crippen molar-refractivity contribution in [3.63, 3.8) is 0 Å². The van der Waals surface area contributed by atoms with Crippen molar-refractivity contribution in [2.24, 2.45) is 0 Å². The first-order valence-corrected chi connectivity index (χ1v) is 6.89. The lowest BCUT2D eigenvalue weighted by atomic mass is 9.95. The smallest absolute Gasteiger partial charge is 0.314 e. The van der Waals surface area contributed by atoms with Gasteiger partial charge >= 0.3 is 5.69 Å². The summed E-state index contributed by atoms with van der Waals surface area (Å²) in [4.78, 5) is 24.2. The summed E-state index contributed by atoms with van der Waals surface area (Å²) in [6.45, 7) is 1.21. The van der Waals surface area contributed by atoms with Gasteiger partial charge in [-0.2, -0.15) is 4.39 Å². The number of rotatable bonds is 5. The molecule has 2 rings (SSSR count). The van der Waals surface area contributed by atoms with Gasteiger partial charge in [-0.05, 0) is 25.8 Å². The topological polar surface area (TPSA) is 66.9 Å². The molecule has 0 radical (unpaired) electrons. The molecule has 1 fully saturated rings. The van der Waals surface area contributed by atoms with Crippen LogP contribution in [0.3, 0.4) is 0 Å². The number of aryl methyl sites for hydroxylation is 1. The van der Waals surface area contributed by atoms with Gasteiger partial charge in [0, 0.05) is 12.6 Å². The minimum atomic E-state index is -0.957. The summed E-state index contributed by atoms with van der Waals surface area (Å²) in [7, 11) is 0. The minimum absolute atomic E-state index is 0.409. The number of halogens is 1. The summed E-state index contributed by atoms with van der Waals surface area (Å²) in [5.41, 5.74) is -1.51. The van der Waals surface area contributed by atoms with Crippen molar-refractivity contribution in [2.75, 3.05) is 6.54 Å². The molecule has 0 atom stereocenters. The van der Waals surface area contributed by atoms with E-state index in [-0.39, 0.29) is 0 Å². The highest BCUT2D eigenvalue weighted by Gasteiger charge is 2.11. The van der Waals surface area contributed by atoms with Gasteiger partial charge in [0.15, 0.2) is 0 Å². The largest absolute Gasteiger partial charge is 0.328 e. The number of nitrogens with one attached hydrogen (secondary N) is 2. The highest BCUT2D eigenvalue weighted by Crippen LogP contribution is 2.17. The van der Waals surface area contributed by atoms with Crippen LogP contribution in [-0.4, -0.2) is 22.1 Å². The Morgan fingerprint density at radius 2 is 2.05 bits per heavy atom. The molecule has 0 unspecified atom stereocenters. The zero-order valence-electron chi connectivity index (χ0n) is 11.0. The van der Waals surface area contributed by atoms with E-state index in [4.69, 9.17) is 0 Å². The Bertz CT molecular complexity index is 517. The van der Waals surface area contributed by atoms with E-state index in [9.17, 15) is 14.0 Å². The summed E-state index contributed by atoms with van der Waals surface area (Å²) < 4.78 is 14.2. The van der Waals surface area contributed by atoms with Crippen molar-refractivity contribution < 1.29 is 4.39 Å². The Morgan fingerprint density at radius 1 is 1.32 bits per heavy atom. The lowest BCUT2D eigenvalue weighted by Crippen LogP contribution is -2.34. The number of aromatic amines is 1. The van der Waals surface area contributed by atoms with Gasteiger partial charge in [-0.15, -0.1) is 0 Å². The molecule has 2 N–H and O–H groups in total. The first kappa shape index (κ1) is 14.0. The number of hydrogen-bond acceptors (Lipinski definition) is 3. The molecule has 1 aliphatic rings. The zero-order valence-corrected chi connectivity index (χ0v) is 11.0. The van der Waals surface area contributed by atoms with Crippen LogP contribution in [0.5, 0.6) is 0 Å². The van der Waals surface area contributed by atoms with Crippen LogP contribution in [0.1, 0.15) is 38.5 Å². The Morgan fingerprint density at radius 3 is 2.79 bits per heavy atom. The molecule has 19 heavy (non-hydrogen) atoms. The quantitative estimate of drug-likeness (QED) is 0.783. The molecule has 5 nitrogen and oxygen atoms in total. The van der Waals surface area contributed by atoms with Crippen LogP contribution in [0.4, 0.5) is 4.39 Å². The maximum atomic E-state index is 13.0. The normalized spacial score (nSPS) is 16.7. The number of nitrogens with zero attached hydrogens (tertiary/aromatic N) is 1. The predicted octanol–water partition coefficient (Wildman–Crippen LogP) is 0.988. The number of H-pyrrole nitrogens is 1. The molecular formula is C13H20FN3O2. The molecule has 1 aliphatic carbocycles. The third-order valence-corrected chi connectivity index (χ3v) is 3.58. The van der Waals surface area contributed by atoms with Crippen molar-refractivity contribution in [2.45, 2.75) is 51.1 Å². The third-order valence-electron chi connectivity index (χ3n) is 3.58. The maximum absolute atomic E-state index is 13.0. The van der Waals surface area contributed by atoms with Gasteiger partial charge < -0.3 is 5.32 Å². The summed E-state index contributed by atoms with van der Waals surface area (Å²) >= 11 is 0. The predicted molar refractivity (Wildman–Crippen MR) is 70.8 cm³/mol. The van der Waals surface area contributed by atoms with Gasteiger partial charge in [-0.3, -0.25) is 14.3 Å². The van der Waals surface area contributed by atoms with E-state index in [0.717, 1.165) is 19.2 Å². The number of hydrogen-bond donors (Lipinski definition) is 2. The van der Waals surface area contributed by atoms with E-state index in [1.165, 1.54) is 36.7 Å². The fraction of sp³-hybridized carbons (Fsp3) is 0.692. The third kappa shape index (κ3) is 4.02. The highest BCUT2D eigenvalue weighted by molar-refractivity contribution is 4.87. The fourth-order valence-corrected chi connectivity index (χ4v) is 2.51. The SMILES string of the molecule is O=c1[nH]c(=O)n(CCCNC2CCCCC2)cc1F. The summed E-state index contributed by atoms with van der Waals surface area (Å²) in [6.07, 6.45) is 8.03. The van der Waals surface area contributed by atoms with Gasteiger partial charge in [0.25, 0.3) is 5.56 Å². The van der Waals surface area contributed by atoms with Gasteiger partial charge in [0.05, 0.1) is 6.20 Å². The van der Waals surface area contributed by atoms with Crippen molar-refractivity contribution in [3.05, 3.63) is 32.9 Å². The first-order valence-electron chi connectivity index (χ1n) is 6.89. The monoisotopic (exact) mass is 269 g/mol. The molecule has 0 spiro atoms. The summed E-state index contributed by atoms with van der Waals surface area (Å²) in [5.74, 6) is -0.917. The minimum Gasteiger partial charge on any atom is -0.314 e. The molecule has 0 amide bonds. The Hall–Kier alpha value is -1.43. The van der Waals surface area contributed by atoms with E-state index in [2.05, 4.69) is 5.32 Å². The standard InChI is InChI=1S/C13H20FN3O2/c14-11-9-17(13(19)16-12(11)18)8-4-7-15-10-5-2-1-3-6-10/h9-10,15H,1-8H2,(H,16,18,19). The van der Waals surface area contributed by atoms with Crippen molar-refractivity contribution in [1.29, 1.82) is 0 Å². The van der Waals surface area contributed by atoms with Crippen LogP contribution in [-0.2, 0) is 6.54 Å². The van der Waals surface area contributed by atoms with E-state index in [1.807, 2.05) is 4.98 Å².